The number of carbonyl (C=O) groups excluding carboxylic acids is 1. The first-order valence-corrected chi connectivity index (χ1v) is 10.6. The highest BCUT2D eigenvalue weighted by Gasteiger charge is 2.27. The molecule has 3 N–H and O–H groups in total. The van der Waals surface area contributed by atoms with Gasteiger partial charge in [0.2, 0.25) is 5.90 Å². The number of piperazine rings is 1. The fourth-order valence-corrected chi connectivity index (χ4v) is 4.03. The third-order valence-corrected chi connectivity index (χ3v) is 5.78. The molecule has 0 saturated carbocycles. The minimum absolute atomic E-state index is 0.0913. The Morgan fingerprint density at radius 1 is 1.29 bits per heavy atom. The summed E-state index contributed by atoms with van der Waals surface area (Å²) in [5, 5.41) is 6.82. The summed E-state index contributed by atoms with van der Waals surface area (Å²) in [5.74, 6) is 1.66. The lowest BCUT2D eigenvalue weighted by atomic mass is 10.1. The number of carbonyl (C=O) groups is 1. The van der Waals surface area contributed by atoms with Crippen LogP contribution in [0.4, 0.5) is 11.5 Å². The Morgan fingerprint density at radius 3 is 2.77 bits per heavy atom. The van der Waals surface area contributed by atoms with Crippen LogP contribution in [0, 0.1) is 0 Å². The molecule has 2 aliphatic rings. The number of benzene rings is 1. The van der Waals surface area contributed by atoms with Gasteiger partial charge < -0.3 is 34.9 Å². The summed E-state index contributed by atoms with van der Waals surface area (Å²) in [6.07, 6.45) is 1.32. The van der Waals surface area contributed by atoms with Crippen LogP contribution in [0.15, 0.2) is 29.4 Å². The minimum atomic E-state index is -0.503. The number of aliphatic imine (C=N–C) groups is 1. The van der Waals surface area contributed by atoms with Crippen LogP contribution in [0.25, 0.3) is 0 Å². The monoisotopic (exact) mass is 446 g/mol. The van der Waals surface area contributed by atoms with E-state index in [0.717, 1.165) is 24.5 Å². The van der Waals surface area contributed by atoms with Gasteiger partial charge in [0.1, 0.15) is 5.82 Å². The number of ether oxygens (including phenoxy) is 2. The average Bonchev–Trinajstić information content (AvgIpc) is 3.23. The van der Waals surface area contributed by atoms with Gasteiger partial charge in [-0.25, -0.2) is 4.99 Å². The van der Waals surface area contributed by atoms with E-state index >= 15 is 0 Å². The second-order valence-electron chi connectivity index (χ2n) is 7.43. The van der Waals surface area contributed by atoms with E-state index in [9.17, 15) is 4.79 Å². The first-order chi connectivity index (χ1) is 15.0. The molecule has 0 bridgehead atoms. The molecule has 1 unspecified atom stereocenters. The van der Waals surface area contributed by atoms with Crippen molar-refractivity contribution in [1.82, 2.24) is 14.8 Å². The van der Waals surface area contributed by atoms with Crippen molar-refractivity contribution >= 4 is 34.9 Å². The smallest absolute Gasteiger partial charge is 0.255 e. The fraction of sp³-hybridized carbons (Fsp3) is 0.429. The summed E-state index contributed by atoms with van der Waals surface area (Å²) in [6.45, 7) is 5.45. The predicted molar refractivity (Wildman–Crippen MR) is 121 cm³/mol. The molecule has 2 aromatic rings. The van der Waals surface area contributed by atoms with E-state index in [2.05, 4.69) is 25.5 Å². The molecule has 0 radical (unpaired) electrons. The number of amides is 1. The zero-order chi connectivity index (χ0) is 22.0. The highest BCUT2D eigenvalue weighted by atomic mass is 35.5. The van der Waals surface area contributed by atoms with Crippen molar-refractivity contribution in [3.63, 3.8) is 0 Å². The molecule has 0 aliphatic carbocycles. The highest BCUT2D eigenvalue weighted by molar-refractivity contribution is 6.35. The maximum atomic E-state index is 13.0. The number of nitrogens with one attached hydrogen (secondary N) is 3. The lowest BCUT2D eigenvalue weighted by Crippen LogP contribution is -2.47. The van der Waals surface area contributed by atoms with E-state index in [1.165, 1.54) is 7.11 Å². The van der Waals surface area contributed by atoms with Crippen LogP contribution in [-0.4, -0.2) is 79.8 Å². The van der Waals surface area contributed by atoms with E-state index in [0.29, 0.717) is 42.6 Å². The molecule has 166 valence electrons. The Morgan fingerprint density at radius 2 is 2.06 bits per heavy atom. The van der Waals surface area contributed by atoms with Crippen LogP contribution < -0.4 is 15.4 Å². The summed E-state index contributed by atoms with van der Waals surface area (Å²) < 4.78 is 11.2. The van der Waals surface area contributed by atoms with E-state index in [4.69, 9.17) is 21.1 Å². The quantitative estimate of drug-likeness (QED) is 0.653. The molecular weight excluding hydrogens is 420 g/mol. The van der Waals surface area contributed by atoms with E-state index in [1.54, 1.807) is 12.1 Å². The van der Waals surface area contributed by atoms with Crippen molar-refractivity contribution in [2.24, 2.45) is 4.99 Å². The Hall–Kier alpha value is -2.91. The second kappa shape index (κ2) is 9.07. The van der Waals surface area contributed by atoms with Crippen molar-refractivity contribution in [2.75, 3.05) is 57.6 Å². The van der Waals surface area contributed by atoms with Gasteiger partial charge in [0.15, 0.2) is 12.0 Å². The summed E-state index contributed by atoms with van der Waals surface area (Å²) in [5.41, 5.74) is 1.92. The van der Waals surface area contributed by atoms with Gasteiger partial charge in [-0.1, -0.05) is 11.6 Å². The summed E-state index contributed by atoms with van der Waals surface area (Å²) >= 11 is 6.61. The number of hydrogen-bond acceptors (Lipinski definition) is 7. The molecule has 9 nitrogen and oxygen atoms in total. The van der Waals surface area contributed by atoms with Crippen molar-refractivity contribution in [3.05, 3.63) is 40.5 Å². The third kappa shape index (κ3) is 4.28. The third-order valence-electron chi connectivity index (χ3n) is 5.40. The number of hydrogen-bond donors (Lipinski definition) is 3. The van der Waals surface area contributed by atoms with Crippen molar-refractivity contribution in [2.45, 2.75) is 13.2 Å². The number of likely N-dealkylation sites (N-methyl/N-ethyl adjacent to an activating group) is 1. The van der Waals surface area contributed by atoms with E-state index in [1.807, 2.05) is 31.1 Å². The zero-order valence-corrected chi connectivity index (χ0v) is 18.6. The average molecular weight is 447 g/mol. The van der Waals surface area contributed by atoms with Gasteiger partial charge in [-0.05, 0) is 32.2 Å². The van der Waals surface area contributed by atoms with Crippen molar-refractivity contribution in [3.8, 4) is 5.75 Å². The topological polar surface area (TPSA) is 94.2 Å². The number of methoxy groups -OCH3 is 1. The van der Waals surface area contributed by atoms with Crippen LogP contribution in [0.2, 0.25) is 5.02 Å². The maximum Gasteiger partial charge on any atom is 0.255 e. The lowest BCUT2D eigenvalue weighted by molar-refractivity contribution is 0.0664. The van der Waals surface area contributed by atoms with Crippen LogP contribution >= 0.6 is 11.6 Å². The highest BCUT2D eigenvalue weighted by Crippen LogP contribution is 2.37. The SMILES string of the molecule is CCOC1=NC(Nc2ccc(C(=O)N3CCN(C)CC3)c(Cl)c2OC)Nc2[nH]ccc21. The number of aromatic amines is 1. The molecule has 1 saturated heterocycles. The van der Waals surface area contributed by atoms with Gasteiger partial charge in [-0.2, -0.15) is 0 Å². The molecule has 0 spiro atoms. The second-order valence-corrected chi connectivity index (χ2v) is 7.81. The molecule has 10 heteroatoms. The molecule has 1 aromatic heterocycles. The number of aromatic nitrogens is 1. The number of fused-ring (bicyclic) bond motifs is 1. The number of nitrogens with zero attached hydrogens (tertiary/aromatic N) is 3. The number of H-pyrrole nitrogens is 1. The van der Waals surface area contributed by atoms with Crippen LogP contribution in [0.1, 0.15) is 22.8 Å². The van der Waals surface area contributed by atoms with Gasteiger partial charge in [0.25, 0.3) is 5.91 Å². The van der Waals surface area contributed by atoms with E-state index < -0.39 is 6.29 Å². The molecule has 2 aliphatic heterocycles. The molecule has 1 atom stereocenters. The van der Waals surface area contributed by atoms with Gasteiger partial charge >= 0.3 is 0 Å². The summed E-state index contributed by atoms with van der Waals surface area (Å²) in [6, 6.07) is 5.42. The molecule has 1 aromatic carbocycles. The maximum absolute atomic E-state index is 13.0. The Balaban J connectivity index is 1.56. The normalized spacial score (nSPS) is 18.6. The molecule has 3 heterocycles. The van der Waals surface area contributed by atoms with Crippen LogP contribution in [-0.2, 0) is 4.74 Å². The van der Waals surface area contributed by atoms with Gasteiger partial charge in [0, 0.05) is 32.4 Å². The van der Waals surface area contributed by atoms with Crippen molar-refractivity contribution in [1.29, 1.82) is 0 Å². The first-order valence-electron chi connectivity index (χ1n) is 10.3. The fourth-order valence-electron chi connectivity index (χ4n) is 3.70. The number of anilines is 2. The molecular formula is C21H27ClN6O3. The zero-order valence-electron chi connectivity index (χ0n) is 17.9. The first kappa shape index (κ1) is 21.3. The summed E-state index contributed by atoms with van der Waals surface area (Å²) in [7, 11) is 3.58. The number of halogens is 1. The Kier molecular flexibility index (Phi) is 6.24. The molecule has 31 heavy (non-hydrogen) atoms. The standard InChI is InChI=1S/C21H27ClN6O3/c1-4-31-19-14-7-8-23-18(14)25-21(26-19)24-15-6-5-13(16(22)17(15)30-3)20(29)28-11-9-27(2)10-12-28/h5-8,21,23-25H,4,9-12H2,1-3H3. The number of rotatable bonds is 5. The van der Waals surface area contributed by atoms with Gasteiger partial charge in [0.05, 0.1) is 35.6 Å². The molecule has 1 fully saturated rings. The molecule has 1 amide bonds. The van der Waals surface area contributed by atoms with Gasteiger partial charge in [-0.15, -0.1) is 0 Å². The van der Waals surface area contributed by atoms with Crippen LogP contribution in [0.5, 0.6) is 5.75 Å². The minimum Gasteiger partial charge on any atom is -0.493 e. The predicted octanol–water partition coefficient (Wildman–Crippen LogP) is 2.67. The van der Waals surface area contributed by atoms with Gasteiger partial charge in [-0.3, -0.25) is 4.79 Å². The largest absolute Gasteiger partial charge is 0.493 e. The van der Waals surface area contributed by atoms with E-state index in [-0.39, 0.29) is 10.9 Å². The molecule has 4 rings (SSSR count). The Bertz CT molecular complexity index is 983. The Labute approximate surface area is 186 Å². The lowest BCUT2D eigenvalue weighted by Gasteiger charge is -2.32. The summed E-state index contributed by atoms with van der Waals surface area (Å²) in [4.78, 5) is 24.8. The van der Waals surface area contributed by atoms with Crippen LogP contribution in [0.3, 0.4) is 0 Å². The van der Waals surface area contributed by atoms with Crippen molar-refractivity contribution < 1.29 is 14.3 Å².